The van der Waals surface area contributed by atoms with Crippen LogP contribution in [0, 0.1) is 6.92 Å². The van der Waals surface area contributed by atoms with Crippen molar-refractivity contribution in [3.8, 4) is 5.88 Å². The van der Waals surface area contributed by atoms with Gasteiger partial charge in [0.2, 0.25) is 11.8 Å². The number of rotatable bonds is 7. The Bertz CT molecular complexity index is 929. The van der Waals surface area contributed by atoms with Crippen molar-refractivity contribution in [2.45, 2.75) is 20.4 Å². The number of hydrogen-bond acceptors (Lipinski definition) is 4. The summed E-state index contributed by atoms with van der Waals surface area (Å²) in [7, 11) is 0. The van der Waals surface area contributed by atoms with Gasteiger partial charge in [-0.1, -0.05) is 29.8 Å². The molecular formula is C21H22N4O2. The predicted octanol–water partition coefficient (Wildman–Crippen LogP) is 3.69. The molecule has 138 valence electrons. The zero-order valence-electron chi connectivity index (χ0n) is 15.4. The molecule has 0 bridgehead atoms. The number of benzene rings is 1. The summed E-state index contributed by atoms with van der Waals surface area (Å²) in [5, 5.41) is 2.76. The van der Waals surface area contributed by atoms with E-state index in [9.17, 15) is 4.79 Å². The van der Waals surface area contributed by atoms with Crippen LogP contribution in [0.4, 0.5) is 5.82 Å². The Morgan fingerprint density at radius 3 is 2.89 bits per heavy atom. The fourth-order valence-corrected chi connectivity index (χ4v) is 2.60. The first kappa shape index (κ1) is 18.4. The molecule has 0 saturated heterocycles. The number of carbonyl (C=O) groups is 1. The summed E-state index contributed by atoms with van der Waals surface area (Å²) in [5.74, 6) is 0.838. The number of amides is 1. The Morgan fingerprint density at radius 1 is 1.26 bits per heavy atom. The molecule has 0 unspecified atom stereocenters. The minimum absolute atomic E-state index is 0.246. The SMILES string of the molecule is CCOc1ccc(/C=C/C(=O)Nc2cn(Cc3cccc(C)c3)cn2)cn1. The summed E-state index contributed by atoms with van der Waals surface area (Å²) in [5.41, 5.74) is 3.22. The van der Waals surface area contributed by atoms with Gasteiger partial charge in [0.15, 0.2) is 5.82 Å². The molecule has 1 aromatic carbocycles. The van der Waals surface area contributed by atoms with Crippen LogP contribution in [0.2, 0.25) is 0 Å². The molecule has 0 atom stereocenters. The third-order valence-electron chi connectivity index (χ3n) is 3.81. The number of hydrogen-bond donors (Lipinski definition) is 1. The molecule has 0 aliphatic heterocycles. The van der Waals surface area contributed by atoms with Crippen LogP contribution in [0.3, 0.4) is 0 Å². The van der Waals surface area contributed by atoms with Gasteiger partial charge in [-0.15, -0.1) is 0 Å². The molecule has 0 spiro atoms. The second-order valence-corrected chi connectivity index (χ2v) is 6.11. The van der Waals surface area contributed by atoms with Crippen LogP contribution in [0.5, 0.6) is 5.88 Å². The van der Waals surface area contributed by atoms with Crippen molar-refractivity contribution in [2.24, 2.45) is 0 Å². The van der Waals surface area contributed by atoms with Crippen molar-refractivity contribution in [3.05, 3.63) is 77.9 Å². The summed E-state index contributed by atoms with van der Waals surface area (Å²) in [6.45, 7) is 5.25. The second kappa shape index (κ2) is 8.80. The van der Waals surface area contributed by atoms with Gasteiger partial charge in [-0.2, -0.15) is 0 Å². The maximum atomic E-state index is 12.1. The normalized spacial score (nSPS) is 10.9. The average Bonchev–Trinajstić information content (AvgIpc) is 3.08. The number of pyridine rings is 1. The van der Waals surface area contributed by atoms with Crippen LogP contribution >= 0.6 is 0 Å². The summed E-state index contributed by atoms with van der Waals surface area (Å²) < 4.78 is 7.23. The molecule has 0 fully saturated rings. The molecule has 27 heavy (non-hydrogen) atoms. The number of ether oxygens (including phenoxy) is 1. The van der Waals surface area contributed by atoms with E-state index in [0.29, 0.717) is 24.8 Å². The Labute approximate surface area is 158 Å². The smallest absolute Gasteiger partial charge is 0.249 e. The molecule has 1 N–H and O–H groups in total. The van der Waals surface area contributed by atoms with Crippen molar-refractivity contribution < 1.29 is 9.53 Å². The van der Waals surface area contributed by atoms with E-state index in [0.717, 1.165) is 5.56 Å². The fraction of sp³-hybridized carbons (Fsp3) is 0.190. The van der Waals surface area contributed by atoms with Crippen molar-refractivity contribution >= 4 is 17.8 Å². The molecule has 0 saturated carbocycles. The Kier molecular flexibility index (Phi) is 5.99. The van der Waals surface area contributed by atoms with Crippen LogP contribution in [0.1, 0.15) is 23.6 Å². The van der Waals surface area contributed by atoms with Crippen molar-refractivity contribution in [3.63, 3.8) is 0 Å². The third kappa shape index (κ3) is 5.54. The lowest BCUT2D eigenvalue weighted by atomic mass is 10.1. The zero-order chi connectivity index (χ0) is 19.1. The summed E-state index contributed by atoms with van der Waals surface area (Å²) in [4.78, 5) is 20.5. The number of carbonyl (C=O) groups excluding carboxylic acids is 1. The lowest BCUT2D eigenvalue weighted by Gasteiger charge is -2.03. The van der Waals surface area contributed by atoms with Crippen LogP contribution in [-0.2, 0) is 11.3 Å². The van der Waals surface area contributed by atoms with Gasteiger partial charge in [-0.05, 0) is 37.1 Å². The number of nitrogens with zero attached hydrogens (tertiary/aromatic N) is 3. The maximum Gasteiger partial charge on any atom is 0.249 e. The average molecular weight is 362 g/mol. The first-order valence-electron chi connectivity index (χ1n) is 8.77. The van der Waals surface area contributed by atoms with Crippen molar-refractivity contribution in [1.29, 1.82) is 0 Å². The van der Waals surface area contributed by atoms with E-state index < -0.39 is 0 Å². The molecule has 6 nitrogen and oxygen atoms in total. The number of aryl methyl sites for hydroxylation is 1. The van der Waals surface area contributed by atoms with Gasteiger partial charge in [0.25, 0.3) is 0 Å². The van der Waals surface area contributed by atoms with Crippen LogP contribution in [0.25, 0.3) is 6.08 Å². The summed E-state index contributed by atoms with van der Waals surface area (Å²) >= 11 is 0. The van der Waals surface area contributed by atoms with Crippen LogP contribution < -0.4 is 10.1 Å². The highest BCUT2D eigenvalue weighted by atomic mass is 16.5. The fourth-order valence-electron chi connectivity index (χ4n) is 2.60. The first-order valence-corrected chi connectivity index (χ1v) is 8.77. The van der Waals surface area contributed by atoms with E-state index in [1.54, 1.807) is 24.7 Å². The predicted molar refractivity (Wildman–Crippen MR) is 106 cm³/mol. The number of nitrogens with one attached hydrogen (secondary N) is 1. The van der Waals surface area contributed by atoms with Crippen molar-refractivity contribution in [2.75, 3.05) is 11.9 Å². The van der Waals surface area contributed by atoms with E-state index in [-0.39, 0.29) is 5.91 Å². The molecule has 2 heterocycles. The maximum absolute atomic E-state index is 12.1. The van der Waals surface area contributed by atoms with Gasteiger partial charge in [0.1, 0.15) is 0 Å². The zero-order valence-corrected chi connectivity index (χ0v) is 15.4. The highest BCUT2D eigenvalue weighted by Gasteiger charge is 2.03. The van der Waals surface area contributed by atoms with E-state index in [4.69, 9.17) is 4.74 Å². The third-order valence-corrected chi connectivity index (χ3v) is 3.81. The lowest BCUT2D eigenvalue weighted by molar-refractivity contribution is -0.111. The Hall–Kier alpha value is -3.41. The number of anilines is 1. The molecule has 3 aromatic rings. The largest absolute Gasteiger partial charge is 0.478 e. The Morgan fingerprint density at radius 2 is 2.15 bits per heavy atom. The molecule has 6 heteroatoms. The molecule has 0 aliphatic carbocycles. The van der Waals surface area contributed by atoms with Gasteiger partial charge in [-0.3, -0.25) is 4.79 Å². The highest BCUT2D eigenvalue weighted by molar-refractivity contribution is 6.01. The topological polar surface area (TPSA) is 69.0 Å². The first-order chi connectivity index (χ1) is 13.1. The molecular weight excluding hydrogens is 340 g/mol. The monoisotopic (exact) mass is 362 g/mol. The van der Waals surface area contributed by atoms with E-state index in [2.05, 4.69) is 40.4 Å². The molecule has 1 amide bonds. The van der Waals surface area contributed by atoms with Crippen molar-refractivity contribution in [1.82, 2.24) is 14.5 Å². The van der Waals surface area contributed by atoms with Crippen LogP contribution in [0.15, 0.2) is 61.2 Å². The summed E-state index contributed by atoms with van der Waals surface area (Å²) in [6, 6.07) is 11.9. The minimum Gasteiger partial charge on any atom is -0.478 e. The molecule has 0 radical (unpaired) electrons. The number of imidazole rings is 1. The molecule has 2 aromatic heterocycles. The quantitative estimate of drug-likeness (QED) is 0.651. The summed E-state index contributed by atoms with van der Waals surface area (Å²) in [6.07, 6.45) is 8.33. The second-order valence-electron chi connectivity index (χ2n) is 6.11. The van der Waals surface area contributed by atoms with E-state index in [1.165, 1.54) is 17.2 Å². The van der Waals surface area contributed by atoms with E-state index >= 15 is 0 Å². The van der Waals surface area contributed by atoms with Gasteiger partial charge in [-0.25, -0.2) is 9.97 Å². The lowest BCUT2D eigenvalue weighted by Crippen LogP contribution is -2.08. The van der Waals surface area contributed by atoms with Gasteiger partial charge >= 0.3 is 0 Å². The van der Waals surface area contributed by atoms with Gasteiger partial charge < -0.3 is 14.6 Å². The highest BCUT2D eigenvalue weighted by Crippen LogP contribution is 2.11. The van der Waals surface area contributed by atoms with Gasteiger partial charge in [0, 0.05) is 31.1 Å². The van der Waals surface area contributed by atoms with Gasteiger partial charge in [0.05, 0.1) is 12.9 Å². The minimum atomic E-state index is -0.246. The number of aromatic nitrogens is 3. The molecule has 0 aliphatic rings. The standard InChI is InChI=1S/C21H22N4O2/c1-3-27-21-10-8-17(12-22-21)7-9-20(26)24-19-14-25(15-23-19)13-18-6-4-5-16(2)11-18/h4-12,14-15H,3,13H2,1-2H3,(H,24,26)/b9-7+. The van der Waals surface area contributed by atoms with E-state index in [1.807, 2.05) is 29.8 Å². The Balaban J connectivity index is 1.55. The van der Waals surface area contributed by atoms with Crippen LogP contribution in [-0.4, -0.2) is 27.0 Å². The molecule has 3 rings (SSSR count).